The monoisotopic (exact) mass is 253 g/mol. The summed E-state index contributed by atoms with van der Waals surface area (Å²) in [5, 5.41) is 2.54. The molecule has 0 aliphatic rings. The molecule has 0 fully saturated rings. The minimum absolute atomic E-state index is 0.0234. The first-order valence-corrected chi connectivity index (χ1v) is 5.46. The van der Waals surface area contributed by atoms with Crippen LogP contribution >= 0.6 is 0 Å². The molecule has 5 nitrogen and oxygen atoms in total. The van der Waals surface area contributed by atoms with Crippen molar-refractivity contribution in [3.8, 4) is 0 Å². The lowest BCUT2D eigenvalue weighted by molar-refractivity contribution is -0.118. The van der Waals surface area contributed by atoms with Crippen molar-refractivity contribution in [3.05, 3.63) is 29.1 Å². The molecule has 0 heterocycles. The minimum Gasteiger partial charge on any atom is -0.398 e. The number of halogens is 1. The van der Waals surface area contributed by atoms with Gasteiger partial charge in [0, 0.05) is 29.3 Å². The van der Waals surface area contributed by atoms with Crippen LogP contribution in [0.1, 0.15) is 29.3 Å². The number of hydrogen-bond acceptors (Lipinski definition) is 3. The van der Waals surface area contributed by atoms with E-state index in [-0.39, 0.29) is 17.7 Å². The van der Waals surface area contributed by atoms with E-state index in [0.717, 1.165) is 6.07 Å². The van der Waals surface area contributed by atoms with Crippen molar-refractivity contribution < 1.29 is 14.0 Å². The van der Waals surface area contributed by atoms with Crippen LogP contribution in [0.4, 0.5) is 10.1 Å². The third-order valence-electron chi connectivity index (χ3n) is 2.53. The molecule has 1 atom stereocenters. The van der Waals surface area contributed by atoms with Crippen LogP contribution in [0, 0.1) is 12.7 Å². The Labute approximate surface area is 104 Å². The molecule has 0 radical (unpaired) electrons. The second-order valence-electron chi connectivity index (χ2n) is 4.22. The van der Waals surface area contributed by atoms with Gasteiger partial charge in [-0.05, 0) is 26.0 Å². The van der Waals surface area contributed by atoms with Gasteiger partial charge in [0.15, 0.2) is 0 Å². The second-order valence-corrected chi connectivity index (χ2v) is 4.22. The molecule has 6 heteroatoms. The second kappa shape index (κ2) is 5.48. The number of anilines is 1. The molecule has 5 N–H and O–H groups in total. The molecule has 1 aromatic carbocycles. The molecule has 98 valence electrons. The summed E-state index contributed by atoms with van der Waals surface area (Å²) in [5.74, 6) is -1.55. The molecule has 0 saturated heterocycles. The number of amides is 2. The fraction of sp³-hybridized carbons (Fsp3) is 0.333. The Hall–Kier alpha value is -2.11. The Morgan fingerprint density at radius 3 is 2.56 bits per heavy atom. The van der Waals surface area contributed by atoms with Gasteiger partial charge < -0.3 is 16.8 Å². The molecule has 0 spiro atoms. The van der Waals surface area contributed by atoms with E-state index in [0.29, 0.717) is 5.56 Å². The van der Waals surface area contributed by atoms with E-state index < -0.39 is 23.7 Å². The predicted molar refractivity (Wildman–Crippen MR) is 66.3 cm³/mol. The third-order valence-corrected chi connectivity index (χ3v) is 2.53. The van der Waals surface area contributed by atoms with Crippen molar-refractivity contribution in [2.75, 3.05) is 5.73 Å². The average molecular weight is 253 g/mol. The largest absolute Gasteiger partial charge is 0.398 e. The number of hydrogen-bond donors (Lipinski definition) is 3. The van der Waals surface area contributed by atoms with E-state index in [2.05, 4.69) is 5.32 Å². The van der Waals surface area contributed by atoms with E-state index in [1.165, 1.54) is 13.0 Å². The Bertz CT molecular complexity index is 465. The number of nitrogen functional groups attached to an aromatic ring is 1. The van der Waals surface area contributed by atoms with E-state index in [9.17, 15) is 14.0 Å². The van der Waals surface area contributed by atoms with E-state index in [1.807, 2.05) is 0 Å². The molecule has 0 aliphatic carbocycles. The molecule has 0 bridgehead atoms. The van der Waals surface area contributed by atoms with Gasteiger partial charge in [0.05, 0.1) is 0 Å². The van der Waals surface area contributed by atoms with Crippen LogP contribution in [0.25, 0.3) is 0 Å². The molecule has 0 aromatic heterocycles. The van der Waals surface area contributed by atoms with Crippen LogP contribution in [0.5, 0.6) is 0 Å². The summed E-state index contributed by atoms with van der Waals surface area (Å²) in [6, 6.07) is 2.09. The normalized spacial score (nSPS) is 11.9. The summed E-state index contributed by atoms with van der Waals surface area (Å²) < 4.78 is 13.4. The number of carbonyl (C=O) groups is 2. The molecule has 2 amide bonds. The van der Waals surface area contributed by atoms with Gasteiger partial charge in [-0.1, -0.05) is 0 Å². The lowest BCUT2D eigenvalue weighted by Crippen LogP contribution is -2.35. The fourth-order valence-electron chi connectivity index (χ4n) is 1.49. The van der Waals surface area contributed by atoms with Crippen molar-refractivity contribution in [2.45, 2.75) is 26.3 Å². The van der Waals surface area contributed by atoms with Gasteiger partial charge in [-0.15, -0.1) is 0 Å². The summed E-state index contributed by atoms with van der Waals surface area (Å²) in [6.07, 6.45) is 0.0234. The Kier molecular flexibility index (Phi) is 4.25. The van der Waals surface area contributed by atoms with Crippen LogP contribution in [0.2, 0.25) is 0 Å². The van der Waals surface area contributed by atoms with Gasteiger partial charge in [0.25, 0.3) is 5.91 Å². The van der Waals surface area contributed by atoms with Crippen molar-refractivity contribution in [3.63, 3.8) is 0 Å². The first-order chi connectivity index (χ1) is 8.31. The SMILES string of the molecule is Cc1c(N)cc(C(=O)NC(C)CC(N)=O)cc1F. The standard InChI is InChI=1S/C12H16FN3O2/c1-6(3-11(15)17)16-12(18)8-4-9(13)7(2)10(14)5-8/h4-6H,3,14H2,1-2H3,(H2,15,17)(H,16,18). The highest BCUT2D eigenvalue weighted by Gasteiger charge is 2.14. The zero-order chi connectivity index (χ0) is 13.9. The summed E-state index contributed by atoms with van der Waals surface area (Å²) in [6.45, 7) is 3.17. The number of nitrogens with one attached hydrogen (secondary N) is 1. The third kappa shape index (κ3) is 3.44. The van der Waals surface area contributed by atoms with Gasteiger partial charge in [-0.3, -0.25) is 9.59 Å². The highest BCUT2D eigenvalue weighted by Crippen LogP contribution is 2.17. The lowest BCUT2D eigenvalue weighted by Gasteiger charge is -2.13. The van der Waals surface area contributed by atoms with E-state index in [4.69, 9.17) is 11.5 Å². The first-order valence-electron chi connectivity index (χ1n) is 5.46. The van der Waals surface area contributed by atoms with E-state index in [1.54, 1.807) is 6.92 Å². The average Bonchev–Trinajstić information content (AvgIpc) is 2.23. The van der Waals surface area contributed by atoms with Gasteiger partial charge in [-0.2, -0.15) is 0 Å². The maximum absolute atomic E-state index is 13.4. The number of rotatable bonds is 4. The first kappa shape index (κ1) is 14.0. The zero-order valence-corrected chi connectivity index (χ0v) is 10.3. The van der Waals surface area contributed by atoms with Crippen LogP contribution in [-0.2, 0) is 4.79 Å². The van der Waals surface area contributed by atoms with Crippen molar-refractivity contribution in [2.24, 2.45) is 5.73 Å². The Morgan fingerprint density at radius 2 is 2.06 bits per heavy atom. The van der Waals surface area contributed by atoms with Gasteiger partial charge >= 0.3 is 0 Å². The van der Waals surface area contributed by atoms with Gasteiger partial charge in [0.1, 0.15) is 5.82 Å². The minimum atomic E-state index is -0.539. The van der Waals surface area contributed by atoms with Crippen LogP contribution in [-0.4, -0.2) is 17.9 Å². The maximum atomic E-state index is 13.4. The maximum Gasteiger partial charge on any atom is 0.251 e. The summed E-state index contributed by atoms with van der Waals surface area (Å²) in [4.78, 5) is 22.4. The number of nitrogens with two attached hydrogens (primary N) is 2. The lowest BCUT2D eigenvalue weighted by atomic mass is 10.1. The van der Waals surface area contributed by atoms with Crippen LogP contribution in [0.15, 0.2) is 12.1 Å². The molecule has 1 aromatic rings. The fourth-order valence-corrected chi connectivity index (χ4v) is 1.49. The molecular weight excluding hydrogens is 237 g/mol. The smallest absolute Gasteiger partial charge is 0.251 e. The quantitative estimate of drug-likeness (QED) is 0.689. The molecular formula is C12H16FN3O2. The summed E-state index contributed by atoms with van der Waals surface area (Å²) in [7, 11) is 0. The van der Waals surface area contributed by atoms with Crippen molar-refractivity contribution in [1.29, 1.82) is 0 Å². The topological polar surface area (TPSA) is 98.2 Å². The molecule has 1 unspecified atom stereocenters. The predicted octanol–water partition coefficient (Wildman–Crippen LogP) is 0.710. The summed E-state index contributed by atoms with van der Waals surface area (Å²) >= 11 is 0. The highest BCUT2D eigenvalue weighted by molar-refractivity contribution is 5.95. The summed E-state index contributed by atoms with van der Waals surface area (Å²) in [5.41, 5.74) is 11.2. The zero-order valence-electron chi connectivity index (χ0n) is 10.3. The molecule has 0 aliphatic heterocycles. The van der Waals surface area contributed by atoms with Crippen LogP contribution in [0.3, 0.4) is 0 Å². The number of carbonyl (C=O) groups excluding carboxylic acids is 2. The number of benzene rings is 1. The Balaban J connectivity index is 2.82. The van der Waals surface area contributed by atoms with Crippen molar-refractivity contribution in [1.82, 2.24) is 5.32 Å². The van der Waals surface area contributed by atoms with Gasteiger partial charge in [0.2, 0.25) is 5.91 Å². The molecule has 18 heavy (non-hydrogen) atoms. The van der Waals surface area contributed by atoms with E-state index >= 15 is 0 Å². The molecule has 1 rings (SSSR count). The van der Waals surface area contributed by atoms with Crippen LogP contribution < -0.4 is 16.8 Å². The van der Waals surface area contributed by atoms with Crippen molar-refractivity contribution >= 4 is 17.5 Å². The Morgan fingerprint density at radius 1 is 1.44 bits per heavy atom. The highest BCUT2D eigenvalue weighted by atomic mass is 19.1. The molecule has 0 saturated carbocycles. The van der Waals surface area contributed by atoms with Gasteiger partial charge in [-0.25, -0.2) is 4.39 Å². The number of primary amides is 1.